The fourth-order valence-electron chi connectivity index (χ4n) is 1.55. The maximum absolute atomic E-state index is 12.2. The normalized spacial score (nSPS) is 28.5. The topological polar surface area (TPSA) is 38.3 Å². The van der Waals surface area contributed by atoms with E-state index in [1.54, 1.807) is 18.2 Å². The molecule has 1 heterocycles. The summed E-state index contributed by atoms with van der Waals surface area (Å²) in [6.45, 7) is 2.67. The van der Waals surface area contributed by atoms with Crippen LogP contribution in [0.25, 0.3) is 0 Å². The Morgan fingerprint density at radius 3 is 2.84 bits per heavy atom. The van der Waals surface area contributed by atoms with E-state index in [0.717, 1.165) is 0 Å². The number of halogens is 3. The lowest BCUT2D eigenvalue weighted by Crippen LogP contribution is -2.27. The van der Waals surface area contributed by atoms with Gasteiger partial charge in [0.2, 0.25) is 0 Å². The van der Waals surface area contributed by atoms with Gasteiger partial charge in [-0.3, -0.25) is 4.79 Å². The number of carbonyl (C=O) groups is 1. The van der Waals surface area contributed by atoms with Crippen LogP contribution in [0.5, 0.6) is 0 Å². The largest absolute Gasteiger partial charge is 0.487 e. The minimum Gasteiger partial charge on any atom is -0.487 e. The van der Waals surface area contributed by atoms with Crippen molar-refractivity contribution in [3.63, 3.8) is 0 Å². The lowest BCUT2D eigenvalue weighted by atomic mass is 10.2. The minimum atomic E-state index is -2.52. The summed E-state index contributed by atoms with van der Waals surface area (Å²) in [5.41, 5.74) is 0.510. The summed E-state index contributed by atoms with van der Waals surface area (Å²) in [5.74, 6) is 0.289. The van der Waals surface area contributed by atoms with Crippen molar-refractivity contribution >= 4 is 21.7 Å². The molecule has 0 aromatic heterocycles. The van der Waals surface area contributed by atoms with Crippen molar-refractivity contribution in [3.05, 3.63) is 34.2 Å². The molecule has 0 aliphatic carbocycles. The van der Waals surface area contributed by atoms with Gasteiger partial charge in [-0.25, -0.2) is 8.78 Å². The molecule has 0 aromatic carbocycles. The zero-order valence-corrected chi connectivity index (χ0v) is 12.3. The van der Waals surface area contributed by atoms with Gasteiger partial charge >= 0.3 is 0 Å². The van der Waals surface area contributed by atoms with Crippen molar-refractivity contribution in [2.45, 2.75) is 32.7 Å². The first kappa shape index (κ1) is 15.9. The van der Waals surface area contributed by atoms with Crippen molar-refractivity contribution < 1.29 is 18.3 Å². The van der Waals surface area contributed by atoms with Gasteiger partial charge in [0.15, 0.2) is 5.78 Å². The van der Waals surface area contributed by atoms with Crippen LogP contribution < -0.4 is 5.32 Å². The van der Waals surface area contributed by atoms with Gasteiger partial charge in [0.1, 0.15) is 12.4 Å². The molecule has 1 aliphatic rings. The van der Waals surface area contributed by atoms with Crippen molar-refractivity contribution in [1.29, 1.82) is 0 Å². The second-order valence-corrected chi connectivity index (χ2v) is 4.98. The van der Waals surface area contributed by atoms with E-state index in [-0.39, 0.29) is 11.8 Å². The Labute approximate surface area is 119 Å². The zero-order chi connectivity index (χ0) is 14.4. The molecule has 1 N–H and O–H groups in total. The second-order valence-electron chi connectivity index (χ2n) is 4.13. The number of rotatable bonds is 4. The lowest BCUT2D eigenvalue weighted by molar-refractivity contribution is -0.114. The highest BCUT2D eigenvalue weighted by atomic mass is 79.9. The van der Waals surface area contributed by atoms with Gasteiger partial charge in [0.05, 0.1) is 10.2 Å². The molecule has 3 nitrogen and oxygen atoms in total. The molecule has 0 saturated carbocycles. The minimum absolute atomic E-state index is 0.0679. The van der Waals surface area contributed by atoms with E-state index in [2.05, 4.69) is 21.2 Å². The molecular weight excluding hydrogens is 320 g/mol. The summed E-state index contributed by atoms with van der Waals surface area (Å²) < 4.78 is 30.0. The third-order valence-electron chi connectivity index (χ3n) is 2.38. The molecule has 0 bridgehead atoms. The number of ketones is 1. The van der Waals surface area contributed by atoms with Gasteiger partial charge in [-0.2, -0.15) is 0 Å². The molecule has 0 saturated heterocycles. The third-order valence-corrected chi connectivity index (χ3v) is 3.04. The highest BCUT2D eigenvalue weighted by Gasteiger charge is 2.13. The molecular formula is C13H16BrF2NO2. The van der Waals surface area contributed by atoms with E-state index in [4.69, 9.17) is 4.74 Å². The highest BCUT2D eigenvalue weighted by Crippen LogP contribution is 2.22. The van der Waals surface area contributed by atoms with Gasteiger partial charge in [0.25, 0.3) is 6.43 Å². The van der Waals surface area contributed by atoms with Crippen LogP contribution >= 0.6 is 15.9 Å². The van der Waals surface area contributed by atoms with E-state index < -0.39 is 13.0 Å². The number of carbonyl (C=O) groups excluding carboxylic acids is 1. The second kappa shape index (κ2) is 7.43. The SMILES string of the molecule is CC(=O)/C1=C/C/C=C(OCC(F)F)\C(Br)=C/C(C)N1. The molecule has 0 amide bonds. The van der Waals surface area contributed by atoms with E-state index in [1.165, 1.54) is 6.92 Å². The molecule has 0 radical (unpaired) electrons. The van der Waals surface area contributed by atoms with Crippen molar-refractivity contribution in [2.24, 2.45) is 0 Å². The van der Waals surface area contributed by atoms with E-state index in [0.29, 0.717) is 22.4 Å². The molecule has 0 aromatic rings. The van der Waals surface area contributed by atoms with Crippen molar-refractivity contribution in [2.75, 3.05) is 6.61 Å². The van der Waals surface area contributed by atoms with Gasteiger partial charge < -0.3 is 10.1 Å². The molecule has 106 valence electrons. The van der Waals surface area contributed by atoms with Gasteiger partial charge in [-0.05, 0) is 41.4 Å². The maximum Gasteiger partial charge on any atom is 0.272 e. The summed E-state index contributed by atoms with van der Waals surface area (Å²) in [6.07, 6.45) is 3.04. The number of nitrogens with one attached hydrogen (secondary N) is 1. The Morgan fingerprint density at radius 1 is 1.58 bits per heavy atom. The van der Waals surface area contributed by atoms with Crippen LogP contribution in [0, 0.1) is 0 Å². The number of alkyl halides is 2. The molecule has 0 spiro atoms. The lowest BCUT2D eigenvalue weighted by Gasteiger charge is -2.13. The molecule has 1 unspecified atom stereocenters. The molecule has 1 aliphatic heterocycles. The summed E-state index contributed by atoms with van der Waals surface area (Å²) in [5, 5.41) is 3.04. The summed E-state index contributed by atoms with van der Waals surface area (Å²) in [7, 11) is 0. The smallest absolute Gasteiger partial charge is 0.272 e. The van der Waals surface area contributed by atoms with Crippen LogP contribution in [0.15, 0.2) is 34.2 Å². The molecule has 1 rings (SSSR count). The fourth-order valence-corrected chi connectivity index (χ4v) is 2.23. The Balaban J connectivity index is 2.91. The average molecular weight is 336 g/mol. The number of allylic oxidation sites excluding steroid dienone is 4. The van der Waals surface area contributed by atoms with Gasteiger partial charge in [-0.1, -0.05) is 6.08 Å². The number of hydrogen-bond acceptors (Lipinski definition) is 3. The Bertz CT molecular complexity index is 430. The summed E-state index contributed by atoms with van der Waals surface area (Å²) in [4.78, 5) is 11.4. The first-order valence-corrected chi connectivity index (χ1v) is 6.66. The number of ether oxygens (including phenoxy) is 1. The van der Waals surface area contributed by atoms with Crippen molar-refractivity contribution in [1.82, 2.24) is 5.32 Å². The van der Waals surface area contributed by atoms with Crippen LogP contribution in [0.3, 0.4) is 0 Å². The van der Waals surface area contributed by atoms with Gasteiger partial charge in [-0.15, -0.1) is 0 Å². The third kappa shape index (κ3) is 5.55. The predicted octanol–water partition coefficient (Wildman–Crippen LogP) is 3.29. The Kier molecular flexibility index (Phi) is 6.21. The monoisotopic (exact) mass is 335 g/mol. The van der Waals surface area contributed by atoms with E-state index >= 15 is 0 Å². The van der Waals surface area contributed by atoms with Crippen LogP contribution in [-0.2, 0) is 9.53 Å². The predicted molar refractivity (Wildman–Crippen MR) is 73.0 cm³/mol. The molecule has 6 heteroatoms. The first-order valence-electron chi connectivity index (χ1n) is 5.86. The Hall–Kier alpha value is -1.17. The standard InChI is InChI=1S/C13H16BrF2NO2/c1-8-6-10(14)12(19-7-13(15)16)5-3-4-11(17-8)9(2)18/h4-6,8,13,17H,3,7H2,1-2H3/b10-6+,11-4-,12-5+. The van der Waals surface area contributed by atoms with Crippen LogP contribution in [0.1, 0.15) is 20.3 Å². The quantitative estimate of drug-likeness (QED) is 0.856. The maximum atomic E-state index is 12.2. The number of hydrogen-bond donors (Lipinski definition) is 1. The van der Waals surface area contributed by atoms with Crippen LogP contribution in [0.2, 0.25) is 0 Å². The average Bonchev–Trinajstić information content (AvgIpc) is 2.36. The summed E-state index contributed by atoms with van der Waals surface area (Å²) in [6, 6.07) is -0.124. The molecule has 0 fully saturated rings. The van der Waals surface area contributed by atoms with E-state index in [1.807, 2.05) is 6.92 Å². The van der Waals surface area contributed by atoms with Crippen LogP contribution in [-0.4, -0.2) is 24.9 Å². The zero-order valence-electron chi connectivity index (χ0n) is 10.8. The molecule has 1 atom stereocenters. The van der Waals surface area contributed by atoms with Crippen molar-refractivity contribution in [3.8, 4) is 0 Å². The van der Waals surface area contributed by atoms with E-state index in [9.17, 15) is 13.6 Å². The highest BCUT2D eigenvalue weighted by molar-refractivity contribution is 9.11. The summed E-state index contributed by atoms with van der Waals surface area (Å²) >= 11 is 3.30. The van der Waals surface area contributed by atoms with Crippen LogP contribution in [0.4, 0.5) is 8.78 Å². The van der Waals surface area contributed by atoms with Gasteiger partial charge in [0, 0.05) is 13.0 Å². The Morgan fingerprint density at radius 2 is 2.26 bits per heavy atom. The molecule has 19 heavy (non-hydrogen) atoms. The number of Topliss-reactive ketones (excluding diaryl/α,β-unsaturated/α-hetero) is 1. The fraction of sp³-hybridized carbons (Fsp3) is 0.462. The first-order chi connectivity index (χ1) is 8.90.